The predicted molar refractivity (Wildman–Crippen MR) is 116 cm³/mol. The zero-order chi connectivity index (χ0) is 21.3. The first-order valence-electron chi connectivity index (χ1n) is 10.5. The third kappa shape index (κ3) is 4.39. The molecule has 160 valence electrons. The van der Waals surface area contributed by atoms with Crippen LogP contribution >= 0.6 is 0 Å². The summed E-state index contributed by atoms with van der Waals surface area (Å²) < 4.78 is 25.5. The van der Waals surface area contributed by atoms with E-state index in [1.165, 1.54) is 16.1 Å². The third-order valence-electron chi connectivity index (χ3n) is 6.00. The summed E-state index contributed by atoms with van der Waals surface area (Å²) in [6.45, 7) is 3.49. The second kappa shape index (κ2) is 8.43. The molecule has 2 aromatic rings. The standard InChI is InChI=1S/C22H28N4O3S/c1-16-19-14-20(27)26(13-6-10-17-8-4-3-5-9-17)22(19)24-21(23-16)18-11-7-12-25(15-18)30(2,28)29/h3-5,8-9,18H,6-7,10-15H2,1-2H3/t18-/m0/s1. The quantitative estimate of drug-likeness (QED) is 0.706. The van der Waals surface area contributed by atoms with Gasteiger partial charge in [-0.2, -0.15) is 0 Å². The number of piperidine rings is 1. The molecular weight excluding hydrogens is 400 g/mol. The van der Waals surface area contributed by atoms with E-state index in [9.17, 15) is 13.2 Å². The summed E-state index contributed by atoms with van der Waals surface area (Å²) in [7, 11) is -3.23. The van der Waals surface area contributed by atoms with Gasteiger partial charge in [0.05, 0.1) is 12.7 Å². The van der Waals surface area contributed by atoms with Crippen LogP contribution in [0, 0.1) is 6.92 Å². The Kier molecular flexibility index (Phi) is 5.88. The molecule has 0 saturated carbocycles. The van der Waals surface area contributed by atoms with Crippen LogP contribution in [0.25, 0.3) is 0 Å². The molecule has 1 fully saturated rings. The summed E-state index contributed by atoms with van der Waals surface area (Å²) in [6, 6.07) is 10.2. The van der Waals surface area contributed by atoms with Gasteiger partial charge in [0.2, 0.25) is 15.9 Å². The van der Waals surface area contributed by atoms with Crippen molar-refractivity contribution in [2.24, 2.45) is 0 Å². The number of hydrogen-bond donors (Lipinski definition) is 0. The predicted octanol–water partition coefficient (Wildman–Crippen LogP) is 2.45. The normalized spacial score (nSPS) is 19.9. The van der Waals surface area contributed by atoms with E-state index in [2.05, 4.69) is 17.1 Å². The number of benzene rings is 1. The van der Waals surface area contributed by atoms with E-state index >= 15 is 0 Å². The van der Waals surface area contributed by atoms with Crippen LogP contribution in [0.4, 0.5) is 5.82 Å². The van der Waals surface area contributed by atoms with Gasteiger partial charge >= 0.3 is 0 Å². The highest BCUT2D eigenvalue weighted by Gasteiger charge is 2.34. The van der Waals surface area contributed by atoms with E-state index in [1.54, 1.807) is 4.90 Å². The number of rotatable bonds is 6. The highest BCUT2D eigenvalue weighted by atomic mass is 32.2. The van der Waals surface area contributed by atoms with Crippen LogP contribution in [0.2, 0.25) is 0 Å². The second-order valence-electron chi connectivity index (χ2n) is 8.24. The zero-order valence-electron chi connectivity index (χ0n) is 17.5. The number of amides is 1. The van der Waals surface area contributed by atoms with Crippen LogP contribution in [0.15, 0.2) is 30.3 Å². The SMILES string of the molecule is Cc1nc([C@H]2CCCN(S(C)(=O)=O)C2)nc2c1CC(=O)N2CCCc1ccccc1. The maximum absolute atomic E-state index is 12.7. The minimum absolute atomic E-state index is 0.0423. The zero-order valence-corrected chi connectivity index (χ0v) is 18.4. The van der Waals surface area contributed by atoms with Gasteiger partial charge in [0.1, 0.15) is 11.6 Å². The summed E-state index contributed by atoms with van der Waals surface area (Å²) in [5.41, 5.74) is 2.98. The number of hydrogen-bond acceptors (Lipinski definition) is 5. The van der Waals surface area contributed by atoms with Crippen molar-refractivity contribution in [3.8, 4) is 0 Å². The monoisotopic (exact) mass is 428 g/mol. The summed E-state index contributed by atoms with van der Waals surface area (Å²) in [4.78, 5) is 23.9. The van der Waals surface area contributed by atoms with Crippen LogP contribution in [0.5, 0.6) is 0 Å². The van der Waals surface area contributed by atoms with Crippen molar-refractivity contribution in [2.75, 3.05) is 30.8 Å². The molecule has 8 heteroatoms. The summed E-state index contributed by atoms with van der Waals surface area (Å²) in [5.74, 6) is 1.39. The van der Waals surface area contributed by atoms with Crippen LogP contribution in [0.3, 0.4) is 0 Å². The van der Waals surface area contributed by atoms with Crippen molar-refractivity contribution < 1.29 is 13.2 Å². The fourth-order valence-electron chi connectivity index (χ4n) is 4.35. The lowest BCUT2D eigenvalue weighted by Crippen LogP contribution is -2.39. The van der Waals surface area contributed by atoms with Crippen molar-refractivity contribution in [3.05, 3.63) is 53.0 Å². The number of aromatic nitrogens is 2. The van der Waals surface area contributed by atoms with Gasteiger partial charge in [0.25, 0.3) is 0 Å². The molecule has 1 atom stereocenters. The van der Waals surface area contributed by atoms with Crippen molar-refractivity contribution in [3.63, 3.8) is 0 Å². The molecule has 3 heterocycles. The molecule has 0 N–H and O–H groups in total. The van der Waals surface area contributed by atoms with Crippen molar-refractivity contribution in [1.29, 1.82) is 0 Å². The first kappa shape index (κ1) is 20.9. The molecule has 1 saturated heterocycles. The van der Waals surface area contributed by atoms with Gasteiger partial charge in [0.15, 0.2) is 0 Å². The highest BCUT2D eigenvalue weighted by Crippen LogP contribution is 2.33. The molecule has 2 aliphatic heterocycles. The topological polar surface area (TPSA) is 83.5 Å². The van der Waals surface area contributed by atoms with Crippen molar-refractivity contribution >= 4 is 21.7 Å². The Morgan fingerprint density at radius 2 is 1.93 bits per heavy atom. The Morgan fingerprint density at radius 3 is 2.67 bits per heavy atom. The van der Waals surface area contributed by atoms with Gasteiger partial charge in [-0.3, -0.25) is 9.69 Å². The van der Waals surface area contributed by atoms with Crippen molar-refractivity contribution in [1.82, 2.24) is 14.3 Å². The van der Waals surface area contributed by atoms with E-state index in [0.29, 0.717) is 37.7 Å². The molecule has 0 bridgehead atoms. The maximum atomic E-state index is 12.7. The smallest absolute Gasteiger partial charge is 0.232 e. The molecule has 30 heavy (non-hydrogen) atoms. The third-order valence-corrected chi connectivity index (χ3v) is 7.27. The maximum Gasteiger partial charge on any atom is 0.232 e. The molecule has 1 aromatic heterocycles. The molecular formula is C22H28N4O3S. The molecule has 4 rings (SSSR count). The molecule has 7 nitrogen and oxygen atoms in total. The number of aryl methyl sites for hydroxylation is 2. The van der Waals surface area contributed by atoms with Gasteiger partial charge in [-0.05, 0) is 38.2 Å². The summed E-state index contributed by atoms with van der Waals surface area (Å²) >= 11 is 0. The second-order valence-corrected chi connectivity index (χ2v) is 10.2. The van der Waals surface area contributed by atoms with Crippen LogP contribution < -0.4 is 4.90 Å². The van der Waals surface area contributed by atoms with E-state index in [4.69, 9.17) is 4.98 Å². The largest absolute Gasteiger partial charge is 0.296 e. The lowest BCUT2D eigenvalue weighted by Gasteiger charge is -2.30. The number of carbonyl (C=O) groups is 1. The lowest BCUT2D eigenvalue weighted by molar-refractivity contribution is -0.117. The fourth-order valence-corrected chi connectivity index (χ4v) is 5.26. The van der Waals surface area contributed by atoms with Gasteiger partial charge in [0, 0.05) is 36.8 Å². The molecule has 0 spiro atoms. The molecule has 2 aliphatic rings. The first-order valence-corrected chi connectivity index (χ1v) is 12.3. The fraction of sp³-hybridized carbons (Fsp3) is 0.500. The van der Waals surface area contributed by atoms with Gasteiger partial charge < -0.3 is 0 Å². The van der Waals surface area contributed by atoms with Gasteiger partial charge in [-0.15, -0.1) is 0 Å². The Balaban J connectivity index is 1.53. The Bertz CT molecular complexity index is 1040. The number of sulfonamides is 1. The molecule has 0 radical (unpaired) electrons. The van der Waals surface area contributed by atoms with Crippen LogP contribution in [-0.2, 0) is 27.7 Å². The number of nitrogens with zero attached hydrogens (tertiary/aromatic N) is 4. The van der Waals surface area contributed by atoms with Gasteiger partial charge in [-0.25, -0.2) is 22.7 Å². The Morgan fingerprint density at radius 1 is 1.17 bits per heavy atom. The average molecular weight is 429 g/mol. The van der Waals surface area contributed by atoms with Gasteiger partial charge in [-0.1, -0.05) is 30.3 Å². The number of carbonyl (C=O) groups excluding carboxylic acids is 1. The number of fused-ring (bicyclic) bond motifs is 1. The van der Waals surface area contributed by atoms with E-state index < -0.39 is 10.0 Å². The molecule has 1 aromatic carbocycles. The molecule has 1 amide bonds. The minimum atomic E-state index is -3.23. The van der Waals surface area contributed by atoms with E-state index in [1.807, 2.05) is 25.1 Å². The Hall–Kier alpha value is -2.32. The molecule has 0 aliphatic carbocycles. The van der Waals surface area contributed by atoms with E-state index in [0.717, 1.165) is 36.9 Å². The van der Waals surface area contributed by atoms with Crippen LogP contribution in [0.1, 0.15) is 47.8 Å². The number of anilines is 1. The summed E-state index contributed by atoms with van der Waals surface area (Å²) in [5, 5.41) is 0. The first-order chi connectivity index (χ1) is 14.3. The summed E-state index contributed by atoms with van der Waals surface area (Å²) in [6.07, 6.45) is 5.00. The average Bonchev–Trinajstić information content (AvgIpc) is 3.04. The van der Waals surface area contributed by atoms with E-state index in [-0.39, 0.29) is 11.8 Å². The van der Waals surface area contributed by atoms with Crippen LogP contribution in [-0.4, -0.2) is 54.5 Å². The Labute approximate surface area is 178 Å². The minimum Gasteiger partial charge on any atom is -0.296 e. The molecule has 0 unspecified atom stereocenters. The highest BCUT2D eigenvalue weighted by molar-refractivity contribution is 7.88. The van der Waals surface area contributed by atoms with Crippen molar-refractivity contribution in [2.45, 2.75) is 44.9 Å². The lowest BCUT2D eigenvalue weighted by atomic mass is 9.98.